The van der Waals surface area contributed by atoms with Crippen molar-refractivity contribution in [2.24, 2.45) is 0 Å². The van der Waals surface area contributed by atoms with Crippen molar-refractivity contribution < 1.29 is 25.2 Å². The summed E-state index contributed by atoms with van der Waals surface area (Å²) >= 11 is 0. The van der Waals surface area contributed by atoms with Gasteiger partial charge >= 0.3 is 20.2 Å². The van der Waals surface area contributed by atoms with Crippen molar-refractivity contribution >= 4 is 32.4 Å². The molecule has 0 atom stereocenters. The molecule has 0 aromatic heterocycles. The molecule has 0 aliphatic heterocycles. The second-order valence-corrected chi connectivity index (χ2v) is 15.7. The molecule has 0 heterocycles. The topological polar surface area (TPSA) is 86.7 Å². The van der Waals surface area contributed by atoms with E-state index in [1.165, 1.54) is 24.3 Å². The average Bonchev–Trinajstić information content (AvgIpc) is 3.15. The van der Waals surface area contributed by atoms with Crippen molar-refractivity contribution in [3.63, 3.8) is 0 Å². The molecule has 6 nitrogen and oxygen atoms in total. The van der Waals surface area contributed by atoms with Crippen LogP contribution in [0, 0.1) is 13.8 Å². The van der Waals surface area contributed by atoms with Gasteiger partial charge in [0.1, 0.15) is 9.79 Å². The summed E-state index contributed by atoms with van der Waals surface area (Å²) in [6, 6.07) is 43.0. The van der Waals surface area contributed by atoms with E-state index in [2.05, 4.69) is 0 Å². The summed E-state index contributed by atoms with van der Waals surface area (Å²) in [6.07, 6.45) is 7.21. The van der Waals surface area contributed by atoms with Gasteiger partial charge in [-0.3, -0.25) is 0 Å². The minimum absolute atomic E-state index is 0.00218. The van der Waals surface area contributed by atoms with Gasteiger partial charge in [0, 0.05) is 22.3 Å². The van der Waals surface area contributed by atoms with Crippen LogP contribution in [-0.2, 0) is 25.7 Å². The maximum atomic E-state index is 14.2. The molecule has 0 amide bonds. The SMILES string of the molecule is CC=Cc1cccc(C(c2ccccc2)(c2ccccc2)c2cccc(C=CC)c2OS(=O)(=O)c2ccc(C)cc2)c1OS(=O)(=O)c1ccc(C)cc1. The molecule has 0 saturated carbocycles. The molecule has 0 saturated heterocycles. The minimum Gasteiger partial charge on any atom is -0.378 e. The molecule has 0 bridgehead atoms. The van der Waals surface area contributed by atoms with Gasteiger partial charge in [-0.1, -0.05) is 157 Å². The summed E-state index contributed by atoms with van der Waals surface area (Å²) in [5.74, 6) is 0.172. The van der Waals surface area contributed by atoms with E-state index in [0.29, 0.717) is 22.3 Å². The highest BCUT2D eigenvalue weighted by Crippen LogP contribution is 2.53. The van der Waals surface area contributed by atoms with Crippen LogP contribution in [0.3, 0.4) is 0 Å². The molecule has 53 heavy (non-hydrogen) atoms. The van der Waals surface area contributed by atoms with Crippen LogP contribution < -0.4 is 8.37 Å². The van der Waals surface area contributed by atoms with Crippen molar-refractivity contribution in [1.29, 1.82) is 0 Å². The molecule has 0 radical (unpaired) electrons. The highest BCUT2D eigenvalue weighted by molar-refractivity contribution is 7.87. The second kappa shape index (κ2) is 15.5. The third-order valence-electron chi connectivity index (χ3n) is 9.01. The molecule has 0 N–H and O–H groups in total. The molecule has 8 heteroatoms. The molecular formula is C45H40O6S2. The van der Waals surface area contributed by atoms with E-state index in [1.54, 1.807) is 48.6 Å². The Hall–Kier alpha value is -5.70. The lowest BCUT2D eigenvalue weighted by Crippen LogP contribution is -2.33. The van der Waals surface area contributed by atoms with Crippen molar-refractivity contribution in [3.05, 3.63) is 202 Å². The third-order valence-corrected chi connectivity index (χ3v) is 11.5. The normalized spacial score (nSPS) is 12.3. The summed E-state index contributed by atoms with van der Waals surface area (Å²) in [4.78, 5) is -0.00436. The molecule has 0 spiro atoms. The molecule has 0 aliphatic rings. The zero-order valence-electron chi connectivity index (χ0n) is 29.9. The number of hydrogen-bond donors (Lipinski definition) is 0. The smallest absolute Gasteiger partial charge is 0.339 e. The Labute approximate surface area is 313 Å². The Morgan fingerprint density at radius 1 is 0.453 bits per heavy atom. The lowest BCUT2D eigenvalue weighted by atomic mass is 9.64. The van der Waals surface area contributed by atoms with Crippen LogP contribution in [0.2, 0.25) is 0 Å². The van der Waals surface area contributed by atoms with Gasteiger partial charge in [0.25, 0.3) is 0 Å². The molecule has 0 fully saturated rings. The Balaban J connectivity index is 1.76. The number of allylic oxidation sites excluding steroid dienone is 2. The van der Waals surface area contributed by atoms with Crippen LogP contribution in [0.5, 0.6) is 11.5 Å². The van der Waals surface area contributed by atoms with E-state index in [9.17, 15) is 16.8 Å². The molecule has 0 aliphatic carbocycles. The van der Waals surface area contributed by atoms with Gasteiger partial charge in [-0.15, -0.1) is 0 Å². The third kappa shape index (κ3) is 7.47. The van der Waals surface area contributed by atoms with E-state index < -0.39 is 25.7 Å². The minimum atomic E-state index is -4.37. The highest BCUT2D eigenvalue weighted by atomic mass is 32.2. The summed E-state index contributed by atoms with van der Waals surface area (Å²) in [6.45, 7) is 7.45. The standard InChI is InChI=1S/C45H40O6S2/c1-5-15-35-17-13-23-41(43(35)50-52(46,47)39-29-25-33(3)26-30-39)45(37-19-9-7-10-20-37,38-21-11-8-12-22-38)42-24-14-18-36(16-6-2)44(42)51-53(48,49)40-31-27-34(4)28-32-40/h5-32H,1-4H3. The zero-order valence-corrected chi connectivity index (χ0v) is 31.6. The molecule has 268 valence electrons. The van der Waals surface area contributed by atoms with Gasteiger partial charge in [-0.05, 0) is 63.1 Å². The molecular weight excluding hydrogens is 701 g/mol. The van der Waals surface area contributed by atoms with Crippen LogP contribution >= 0.6 is 0 Å². The predicted octanol–water partition coefficient (Wildman–Crippen LogP) is 10.3. The van der Waals surface area contributed by atoms with Crippen LogP contribution in [-0.4, -0.2) is 16.8 Å². The highest BCUT2D eigenvalue weighted by Gasteiger charge is 2.45. The Morgan fingerprint density at radius 3 is 1.15 bits per heavy atom. The van der Waals surface area contributed by atoms with E-state index in [1.807, 2.05) is 125 Å². The number of para-hydroxylation sites is 2. The Bertz CT molecular complexity index is 2310. The van der Waals surface area contributed by atoms with E-state index in [0.717, 1.165) is 22.3 Å². The molecule has 6 rings (SSSR count). The first-order valence-corrected chi connectivity index (χ1v) is 20.0. The van der Waals surface area contributed by atoms with Gasteiger partial charge in [-0.25, -0.2) is 0 Å². The van der Waals surface area contributed by atoms with Gasteiger partial charge in [0.05, 0.1) is 5.41 Å². The first kappa shape index (κ1) is 37.1. The van der Waals surface area contributed by atoms with Crippen LogP contribution in [0.4, 0.5) is 0 Å². The fraction of sp³-hybridized carbons (Fsp3) is 0.111. The monoisotopic (exact) mass is 740 g/mol. The second-order valence-electron chi connectivity index (χ2n) is 12.6. The Kier molecular flexibility index (Phi) is 10.8. The molecule has 0 unspecified atom stereocenters. The van der Waals surface area contributed by atoms with Crippen molar-refractivity contribution in [2.45, 2.75) is 42.9 Å². The van der Waals surface area contributed by atoms with Crippen molar-refractivity contribution in [1.82, 2.24) is 0 Å². The maximum Gasteiger partial charge on any atom is 0.339 e. The average molecular weight is 741 g/mol. The van der Waals surface area contributed by atoms with Crippen LogP contribution in [0.25, 0.3) is 12.2 Å². The number of hydrogen-bond acceptors (Lipinski definition) is 6. The quantitative estimate of drug-likeness (QED) is 0.0917. The zero-order chi connectivity index (χ0) is 37.6. The van der Waals surface area contributed by atoms with Gasteiger partial charge < -0.3 is 8.37 Å². The molecule has 6 aromatic rings. The Morgan fingerprint density at radius 2 is 0.811 bits per heavy atom. The van der Waals surface area contributed by atoms with Crippen LogP contribution in [0.15, 0.2) is 168 Å². The largest absolute Gasteiger partial charge is 0.378 e. The molecule has 6 aromatic carbocycles. The van der Waals surface area contributed by atoms with E-state index in [-0.39, 0.29) is 21.3 Å². The van der Waals surface area contributed by atoms with E-state index in [4.69, 9.17) is 8.37 Å². The van der Waals surface area contributed by atoms with Gasteiger partial charge in [0.2, 0.25) is 0 Å². The van der Waals surface area contributed by atoms with Gasteiger partial charge in [-0.2, -0.15) is 16.8 Å². The summed E-state index contributed by atoms with van der Waals surface area (Å²) in [7, 11) is -8.74. The maximum absolute atomic E-state index is 14.2. The van der Waals surface area contributed by atoms with Crippen molar-refractivity contribution in [2.75, 3.05) is 0 Å². The number of benzene rings is 6. The van der Waals surface area contributed by atoms with Gasteiger partial charge in [0.15, 0.2) is 11.5 Å². The first-order chi connectivity index (χ1) is 25.5. The fourth-order valence-corrected chi connectivity index (χ4v) is 8.49. The first-order valence-electron chi connectivity index (χ1n) is 17.2. The fourth-order valence-electron chi connectivity index (χ4n) is 6.54. The summed E-state index contributed by atoms with van der Waals surface area (Å²) in [5.41, 5.74) is 3.78. The van der Waals surface area contributed by atoms with Crippen LogP contribution in [0.1, 0.15) is 58.4 Å². The summed E-state index contributed by atoms with van der Waals surface area (Å²) in [5, 5.41) is 0. The lowest BCUT2D eigenvalue weighted by Gasteiger charge is -2.39. The lowest BCUT2D eigenvalue weighted by molar-refractivity contribution is 0.472. The van der Waals surface area contributed by atoms with Crippen molar-refractivity contribution in [3.8, 4) is 11.5 Å². The summed E-state index contributed by atoms with van der Waals surface area (Å²) < 4.78 is 69.2. The predicted molar refractivity (Wildman–Crippen MR) is 212 cm³/mol. The van der Waals surface area contributed by atoms with E-state index >= 15 is 0 Å². The number of aryl methyl sites for hydroxylation is 2. The number of rotatable bonds is 12.